The molecule has 1 aromatic rings. The first kappa shape index (κ1) is 14.8. The van der Waals surface area contributed by atoms with Crippen molar-refractivity contribution >= 4 is 5.96 Å². The summed E-state index contributed by atoms with van der Waals surface area (Å²) in [6, 6.07) is 0. The van der Waals surface area contributed by atoms with Crippen molar-refractivity contribution in [1.82, 2.24) is 25.4 Å². The van der Waals surface area contributed by atoms with Crippen LogP contribution in [0.5, 0.6) is 0 Å². The van der Waals surface area contributed by atoms with E-state index in [2.05, 4.69) is 30.4 Å². The maximum atomic E-state index is 5.37. The van der Waals surface area contributed by atoms with Gasteiger partial charge in [0.2, 0.25) is 0 Å². The molecule has 0 bridgehead atoms. The Morgan fingerprint density at radius 3 is 2.90 bits per heavy atom. The van der Waals surface area contributed by atoms with Crippen molar-refractivity contribution in [3.63, 3.8) is 0 Å². The number of nitrogens with zero attached hydrogens (tertiary/aromatic N) is 4. The van der Waals surface area contributed by atoms with E-state index in [1.807, 2.05) is 13.8 Å². The Kier molecular flexibility index (Phi) is 4.59. The first-order valence-corrected chi connectivity index (χ1v) is 6.96. The Labute approximate surface area is 119 Å². The third-order valence-corrected chi connectivity index (χ3v) is 3.56. The van der Waals surface area contributed by atoms with Crippen LogP contribution in [0.15, 0.2) is 4.99 Å². The maximum absolute atomic E-state index is 5.37. The largest absolute Gasteiger partial charge is 0.377 e. The third kappa shape index (κ3) is 3.47. The fourth-order valence-corrected chi connectivity index (χ4v) is 2.09. The van der Waals surface area contributed by atoms with Gasteiger partial charge in [0.25, 0.3) is 0 Å². The molecule has 20 heavy (non-hydrogen) atoms. The van der Waals surface area contributed by atoms with Gasteiger partial charge in [0, 0.05) is 33.7 Å². The molecule has 0 saturated heterocycles. The Morgan fingerprint density at radius 1 is 1.40 bits per heavy atom. The predicted octanol–water partition coefficient (Wildman–Crippen LogP) is 0.314. The van der Waals surface area contributed by atoms with Crippen molar-refractivity contribution in [1.29, 1.82) is 0 Å². The van der Waals surface area contributed by atoms with Gasteiger partial charge in [-0.2, -0.15) is 0 Å². The highest BCUT2D eigenvalue weighted by molar-refractivity contribution is 5.79. The molecule has 0 spiro atoms. The van der Waals surface area contributed by atoms with Gasteiger partial charge in [-0.3, -0.25) is 4.99 Å². The number of nitrogens with one attached hydrogen (secondary N) is 2. The highest BCUT2D eigenvalue weighted by atomic mass is 16.5. The first-order valence-electron chi connectivity index (χ1n) is 6.96. The number of methoxy groups -OCH3 is 1. The van der Waals surface area contributed by atoms with Crippen LogP contribution in [-0.4, -0.2) is 47.0 Å². The highest BCUT2D eigenvalue weighted by Crippen LogP contribution is 2.13. The lowest BCUT2D eigenvalue weighted by Gasteiger charge is -2.24. The predicted molar refractivity (Wildman–Crippen MR) is 77.6 cm³/mol. The summed E-state index contributed by atoms with van der Waals surface area (Å²) in [5.74, 6) is 2.79. The lowest BCUT2D eigenvalue weighted by molar-refractivity contribution is 0.0268. The Hall–Kier alpha value is -1.63. The Balaban J connectivity index is 1.85. The molecule has 0 atom stereocenters. The van der Waals surface area contributed by atoms with Crippen LogP contribution < -0.4 is 10.6 Å². The number of rotatable bonds is 5. The molecule has 2 rings (SSSR count). The molecule has 0 fully saturated rings. The second-order valence-corrected chi connectivity index (χ2v) is 5.53. The molecular weight excluding hydrogens is 256 g/mol. The van der Waals surface area contributed by atoms with E-state index in [0.29, 0.717) is 13.1 Å². The van der Waals surface area contributed by atoms with Gasteiger partial charge in [0.05, 0.1) is 12.1 Å². The molecule has 0 unspecified atom stereocenters. The van der Waals surface area contributed by atoms with Gasteiger partial charge >= 0.3 is 0 Å². The number of aliphatic imine (C=N–C) groups is 1. The van der Waals surface area contributed by atoms with E-state index in [1.165, 1.54) is 0 Å². The van der Waals surface area contributed by atoms with E-state index in [-0.39, 0.29) is 5.60 Å². The molecule has 1 aliphatic rings. The zero-order chi connectivity index (χ0) is 14.6. The summed E-state index contributed by atoms with van der Waals surface area (Å²) in [5, 5.41) is 14.9. The van der Waals surface area contributed by atoms with Crippen LogP contribution >= 0.6 is 0 Å². The molecule has 1 aromatic heterocycles. The van der Waals surface area contributed by atoms with Crippen molar-refractivity contribution in [3.05, 3.63) is 11.6 Å². The standard InChI is InChI=1S/C13H24N6O/c1-13(2,20-4)9-16-12(14-3)15-8-11-18-17-10-6-5-7-19(10)11/h5-9H2,1-4H3,(H2,14,15,16). The molecule has 2 N–H and O–H groups in total. The first-order chi connectivity index (χ1) is 9.55. The fourth-order valence-electron chi connectivity index (χ4n) is 2.09. The van der Waals surface area contributed by atoms with Crippen molar-refractivity contribution in [2.75, 3.05) is 20.7 Å². The van der Waals surface area contributed by atoms with Gasteiger partial charge in [-0.25, -0.2) is 0 Å². The maximum Gasteiger partial charge on any atom is 0.191 e. The van der Waals surface area contributed by atoms with Crippen LogP contribution in [0.2, 0.25) is 0 Å². The van der Waals surface area contributed by atoms with Crippen LogP contribution in [0.1, 0.15) is 31.9 Å². The molecule has 0 radical (unpaired) electrons. The van der Waals surface area contributed by atoms with E-state index in [1.54, 1.807) is 14.2 Å². The second-order valence-electron chi connectivity index (χ2n) is 5.53. The Bertz CT molecular complexity index is 479. The molecule has 112 valence electrons. The molecule has 0 aliphatic carbocycles. The van der Waals surface area contributed by atoms with Crippen LogP contribution in [0.4, 0.5) is 0 Å². The van der Waals surface area contributed by atoms with E-state index in [4.69, 9.17) is 4.74 Å². The Morgan fingerprint density at radius 2 is 2.20 bits per heavy atom. The summed E-state index contributed by atoms with van der Waals surface area (Å²) < 4.78 is 7.55. The molecule has 0 amide bonds. The number of fused-ring (bicyclic) bond motifs is 1. The third-order valence-electron chi connectivity index (χ3n) is 3.56. The van der Waals surface area contributed by atoms with Gasteiger partial charge in [0.15, 0.2) is 11.8 Å². The van der Waals surface area contributed by atoms with Crippen LogP contribution in [0.25, 0.3) is 0 Å². The monoisotopic (exact) mass is 280 g/mol. The highest BCUT2D eigenvalue weighted by Gasteiger charge is 2.18. The smallest absolute Gasteiger partial charge is 0.191 e. The minimum absolute atomic E-state index is 0.228. The lowest BCUT2D eigenvalue weighted by Crippen LogP contribution is -2.45. The summed E-state index contributed by atoms with van der Waals surface area (Å²) in [4.78, 5) is 4.20. The minimum Gasteiger partial charge on any atom is -0.377 e. The van der Waals surface area contributed by atoms with E-state index in [9.17, 15) is 0 Å². The van der Waals surface area contributed by atoms with E-state index in [0.717, 1.165) is 37.0 Å². The van der Waals surface area contributed by atoms with Crippen molar-refractivity contribution in [2.45, 2.75) is 45.4 Å². The molecular formula is C13H24N6O. The second kappa shape index (κ2) is 6.21. The SMILES string of the molecule is CN=C(NCc1nnc2n1CCC2)NCC(C)(C)OC. The lowest BCUT2D eigenvalue weighted by atomic mass is 10.1. The average Bonchev–Trinajstić information content (AvgIpc) is 3.03. The number of aryl methyl sites for hydroxylation is 1. The van der Waals surface area contributed by atoms with Gasteiger partial charge in [-0.15, -0.1) is 10.2 Å². The number of ether oxygens (including phenoxy) is 1. The number of hydrogen-bond acceptors (Lipinski definition) is 4. The molecule has 7 heteroatoms. The van der Waals surface area contributed by atoms with Crippen molar-refractivity contribution < 1.29 is 4.74 Å². The van der Waals surface area contributed by atoms with Gasteiger partial charge in [-0.05, 0) is 20.3 Å². The topological polar surface area (TPSA) is 76.4 Å². The quantitative estimate of drug-likeness (QED) is 0.600. The summed E-state index contributed by atoms with van der Waals surface area (Å²) in [5.41, 5.74) is -0.228. The molecule has 7 nitrogen and oxygen atoms in total. The van der Waals surface area contributed by atoms with Crippen LogP contribution in [-0.2, 0) is 24.2 Å². The normalized spacial score (nSPS) is 15.3. The van der Waals surface area contributed by atoms with Crippen LogP contribution in [0.3, 0.4) is 0 Å². The van der Waals surface area contributed by atoms with Crippen molar-refractivity contribution in [2.24, 2.45) is 4.99 Å². The van der Waals surface area contributed by atoms with Crippen molar-refractivity contribution in [3.8, 4) is 0 Å². The van der Waals surface area contributed by atoms with Gasteiger partial charge in [-0.1, -0.05) is 0 Å². The van der Waals surface area contributed by atoms with Gasteiger partial charge in [0.1, 0.15) is 5.82 Å². The number of hydrogen-bond donors (Lipinski definition) is 2. The summed E-state index contributed by atoms with van der Waals surface area (Å²) >= 11 is 0. The minimum atomic E-state index is -0.228. The summed E-state index contributed by atoms with van der Waals surface area (Å²) in [7, 11) is 3.46. The molecule has 0 saturated carbocycles. The zero-order valence-corrected chi connectivity index (χ0v) is 12.7. The average molecular weight is 280 g/mol. The molecule has 1 aliphatic heterocycles. The number of aromatic nitrogens is 3. The van der Waals surface area contributed by atoms with Crippen LogP contribution in [0, 0.1) is 0 Å². The number of guanidine groups is 1. The van der Waals surface area contributed by atoms with Gasteiger partial charge < -0.3 is 19.9 Å². The van der Waals surface area contributed by atoms with E-state index >= 15 is 0 Å². The summed E-state index contributed by atoms with van der Waals surface area (Å²) in [6.45, 7) is 6.38. The zero-order valence-electron chi connectivity index (χ0n) is 12.7. The molecule has 0 aromatic carbocycles. The fraction of sp³-hybridized carbons (Fsp3) is 0.769. The summed E-state index contributed by atoms with van der Waals surface area (Å²) in [6.07, 6.45) is 2.19. The molecule has 2 heterocycles. The van der Waals surface area contributed by atoms with E-state index < -0.39 is 0 Å².